The smallest absolute Gasteiger partial charge is 0.152 e. The van der Waals surface area contributed by atoms with Gasteiger partial charge in [-0.2, -0.15) is 5.10 Å². The van der Waals surface area contributed by atoms with E-state index in [1.165, 1.54) is 12.8 Å². The number of imidazole rings is 1. The van der Waals surface area contributed by atoms with Crippen LogP contribution in [0.1, 0.15) is 18.6 Å². The number of piperidine rings is 1. The van der Waals surface area contributed by atoms with Crippen LogP contribution in [0.3, 0.4) is 0 Å². The lowest BCUT2D eigenvalue weighted by molar-refractivity contribution is 0.147. The van der Waals surface area contributed by atoms with Gasteiger partial charge in [-0.05, 0) is 43.5 Å². The molecule has 3 aromatic heterocycles. The van der Waals surface area contributed by atoms with E-state index in [1.807, 2.05) is 30.9 Å². The van der Waals surface area contributed by atoms with E-state index in [4.69, 9.17) is 4.42 Å². The number of H-pyrrole nitrogens is 1. The van der Waals surface area contributed by atoms with Crippen LogP contribution in [-0.2, 0) is 13.1 Å². The molecule has 1 N–H and O–H groups in total. The molecule has 0 bridgehead atoms. The van der Waals surface area contributed by atoms with Gasteiger partial charge in [-0.1, -0.05) is 0 Å². The number of nitrogens with one attached hydrogen (secondary N) is 1. The number of hydrogen-bond acceptors (Lipinski definition) is 4. The second-order valence-electron chi connectivity index (χ2n) is 6.24. The third kappa shape index (κ3) is 3.37. The van der Waals surface area contributed by atoms with Gasteiger partial charge < -0.3 is 8.98 Å². The fourth-order valence-corrected chi connectivity index (χ4v) is 3.36. The van der Waals surface area contributed by atoms with Crippen molar-refractivity contribution in [2.75, 3.05) is 13.1 Å². The van der Waals surface area contributed by atoms with Crippen molar-refractivity contribution in [3.8, 4) is 11.5 Å². The van der Waals surface area contributed by atoms with Gasteiger partial charge in [0.2, 0.25) is 0 Å². The topological polar surface area (TPSA) is 62.9 Å². The number of furan rings is 1. The van der Waals surface area contributed by atoms with Crippen molar-refractivity contribution < 1.29 is 4.42 Å². The van der Waals surface area contributed by atoms with Crippen molar-refractivity contribution in [3.63, 3.8) is 0 Å². The molecule has 1 atom stereocenters. The van der Waals surface area contributed by atoms with Gasteiger partial charge in [0.15, 0.2) is 5.76 Å². The third-order valence-electron chi connectivity index (χ3n) is 4.44. The van der Waals surface area contributed by atoms with Crippen molar-refractivity contribution in [2.45, 2.75) is 25.9 Å². The second kappa shape index (κ2) is 6.42. The van der Waals surface area contributed by atoms with Crippen LogP contribution in [-0.4, -0.2) is 37.7 Å². The first kappa shape index (κ1) is 14.3. The molecule has 0 amide bonds. The van der Waals surface area contributed by atoms with Gasteiger partial charge in [0.05, 0.1) is 12.9 Å². The Morgan fingerprint density at radius 1 is 1.26 bits per heavy atom. The van der Waals surface area contributed by atoms with Gasteiger partial charge in [0, 0.05) is 31.7 Å². The molecule has 0 unspecified atom stereocenters. The average Bonchev–Trinajstić information content (AvgIpc) is 3.30. The van der Waals surface area contributed by atoms with E-state index in [9.17, 15) is 0 Å². The van der Waals surface area contributed by atoms with Crippen LogP contribution in [0.4, 0.5) is 0 Å². The molecule has 0 spiro atoms. The molecule has 3 aromatic rings. The van der Waals surface area contributed by atoms with Gasteiger partial charge in [-0.25, -0.2) is 4.98 Å². The summed E-state index contributed by atoms with van der Waals surface area (Å²) in [5.74, 6) is 2.54. The molecule has 4 rings (SSSR count). The SMILES string of the molecule is c1cn(C[C@H]2CCCN(Cc3ccc(-c4ccn[nH]4)o3)C2)cn1. The zero-order valence-electron chi connectivity index (χ0n) is 13.1. The predicted molar refractivity (Wildman–Crippen MR) is 86.5 cm³/mol. The first-order valence-electron chi connectivity index (χ1n) is 8.13. The molecule has 0 radical (unpaired) electrons. The number of rotatable bonds is 5. The van der Waals surface area contributed by atoms with Crippen molar-refractivity contribution in [2.24, 2.45) is 5.92 Å². The van der Waals surface area contributed by atoms with Crippen LogP contribution >= 0.6 is 0 Å². The fraction of sp³-hybridized carbons (Fsp3) is 0.412. The first-order valence-corrected chi connectivity index (χ1v) is 8.13. The minimum absolute atomic E-state index is 0.681. The Balaban J connectivity index is 1.37. The van der Waals surface area contributed by atoms with E-state index < -0.39 is 0 Å². The maximum Gasteiger partial charge on any atom is 0.152 e. The number of nitrogens with zero attached hydrogens (tertiary/aromatic N) is 4. The highest BCUT2D eigenvalue weighted by molar-refractivity contribution is 5.51. The number of aromatic nitrogens is 4. The molecular formula is C17H21N5O. The Labute approximate surface area is 135 Å². The Morgan fingerprint density at radius 2 is 2.26 bits per heavy atom. The highest BCUT2D eigenvalue weighted by atomic mass is 16.3. The van der Waals surface area contributed by atoms with Crippen LogP contribution < -0.4 is 0 Å². The summed E-state index contributed by atoms with van der Waals surface area (Å²) in [6.45, 7) is 4.17. The molecule has 6 nitrogen and oxygen atoms in total. The summed E-state index contributed by atoms with van der Waals surface area (Å²) < 4.78 is 8.12. The molecule has 23 heavy (non-hydrogen) atoms. The van der Waals surface area contributed by atoms with Crippen molar-refractivity contribution in [3.05, 3.63) is 48.9 Å². The van der Waals surface area contributed by atoms with Gasteiger partial charge in [-0.15, -0.1) is 0 Å². The van der Waals surface area contributed by atoms with Gasteiger partial charge >= 0.3 is 0 Å². The lowest BCUT2D eigenvalue weighted by atomic mass is 9.98. The Kier molecular flexibility index (Phi) is 3.98. The van der Waals surface area contributed by atoms with Gasteiger partial charge in [0.25, 0.3) is 0 Å². The first-order chi connectivity index (χ1) is 11.4. The highest BCUT2D eigenvalue weighted by Gasteiger charge is 2.21. The zero-order chi connectivity index (χ0) is 15.5. The maximum absolute atomic E-state index is 5.94. The lowest BCUT2D eigenvalue weighted by Crippen LogP contribution is -2.36. The maximum atomic E-state index is 5.94. The summed E-state index contributed by atoms with van der Waals surface area (Å²) in [7, 11) is 0. The Hall–Kier alpha value is -2.34. The molecule has 4 heterocycles. The molecular weight excluding hydrogens is 290 g/mol. The number of aromatic amines is 1. The van der Waals surface area contributed by atoms with E-state index in [2.05, 4.69) is 30.7 Å². The lowest BCUT2D eigenvalue weighted by Gasteiger charge is -2.32. The molecule has 1 aliphatic rings. The van der Waals surface area contributed by atoms with Crippen LogP contribution in [0.15, 0.2) is 47.5 Å². The van der Waals surface area contributed by atoms with Crippen LogP contribution in [0.2, 0.25) is 0 Å². The largest absolute Gasteiger partial charge is 0.458 e. The molecule has 0 saturated carbocycles. The van der Waals surface area contributed by atoms with E-state index in [0.29, 0.717) is 5.92 Å². The minimum Gasteiger partial charge on any atom is -0.458 e. The standard InChI is InChI=1S/C17H21N5O/c1-2-14(11-22-9-7-18-13-22)10-21(8-1)12-15-3-4-17(23-15)16-5-6-19-20-16/h3-7,9,13-14H,1-2,8,10-12H2,(H,19,20)/t14-/m0/s1. The average molecular weight is 311 g/mol. The number of hydrogen-bond donors (Lipinski definition) is 1. The van der Waals surface area contributed by atoms with Crippen LogP contribution in [0, 0.1) is 5.92 Å². The van der Waals surface area contributed by atoms with Crippen molar-refractivity contribution in [1.82, 2.24) is 24.6 Å². The summed E-state index contributed by atoms with van der Waals surface area (Å²) in [6.07, 6.45) is 10.1. The molecule has 0 aliphatic carbocycles. The van der Waals surface area contributed by atoms with Crippen molar-refractivity contribution in [1.29, 1.82) is 0 Å². The Morgan fingerprint density at radius 3 is 3.09 bits per heavy atom. The molecule has 0 aromatic carbocycles. The quantitative estimate of drug-likeness (QED) is 0.787. The monoisotopic (exact) mass is 311 g/mol. The minimum atomic E-state index is 0.681. The normalized spacial score (nSPS) is 19.2. The molecule has 6 heteroatoms. The third-order valence-corrected chi connectivity index (χ3v) is 4.44. The van der Waals surface area contributed by atoms with E-state index in [-0.39, 0.29) is 0 Å². The van der Waals surface area contributed by atoms with Gasteiger partial charge in [-0.3, -0.25) is 10.00 Å². The summed E-state index contributed by atoms with van der Waals surface area (Å²) in [6, 6.07) is 6.00. The summed E-state index contributed by atoms with van der Waals surface area (Å²) >= 11 is 0. The highest BCUT2D eigenvalue weighted by Crippen LogP contribution is 2.23. The van der Waals surface area contributed by atoms with E-state index in [0.717, 1.165) is 43.4 Å². The van der Waals surface area contributed by atoms with Gasteiger partial charge in [0.1, 0.15) is 11.5 Å². The molecule has 1 fully saturated rings. The van der Waals surface area contributed by atoms with Crippen LogP contribution in [0.25, 0.3) is 11.5 Å². The van der Waals surface area contributed by atoms with Crippen molar-refractivity contribution >= 4 is 0 Å². The number of likely N-dealkylation sites (tertiary alicyclic amines) is 1. The Bertz CT molecular complexity index is 716. The van der Waals surface area contributed by atoms with E-state index >= 15 is 0 Å². The second-order valence-corrected chi connectivity index (χ2v) is 6.24. The molecule has 1 saturated heterocycles. The predicted octanol–water partition coefficient (Wildman–Crippen LogP) is 2.78. The summed E-state index contributed by atoms with van der Waals surface area (Å²) in [5.41, 5.74) is 0.924. The van der Waals surface area contributed by atoms with E-state index in [1.54, 1.807) is 6.20 Å². The summed E-state index contributed by atoms with van der Waals surface area (Å²) in [4.78, 5) is 6.61. The van der Waals surface area contributed by atoms with Crippen LogP contribution in [0.5, 0.6) is 0 Å². The molecule has 1 aliphatic heterocycles. The molecule has 120 valence electrons. The zero-order valence-corrected chi connectivity index (χ0v) is 13.1. The summed E-state index contributed by atoms with van der Waals surface area (Å²) in [5, 5.41) is 6.90. The fourth-order valence-electron chi connectivity index (χ4n) is 3.36.